The normalized spacial score (nSPS) is 11.1. The van der Waals surface area contributed by atoms with Crippen molar-refractivity contribution in [2.24, 2.45) is 0 Å². The van der Waals surface area contributed by atoms with Crippen molar-refractivity contribution in [1.29, 1.82) is 0 Å². The van der Waals surface area contributed by atoms with Gasteiger partial charge in [0.1, 0.15) is 0 Å². The van der Waals surface area contributed by atoms with E-state index < -0.39 is 81.1 Å². The van der Waals surface area contributed by atoms with E-state index in [1.54, 1.807) is 30.3 Å². The summed E-state index contributed by atoms with van der Waals surface area (Å²) in [4.78, 5) is -1.25. The van der Waals surface area contributed by atoms with Gasteiger partial charge >= 0.3 is 10.6 Å². The predicted octanol–water partition coefficient (Wildman–Crippen LogP) is 14.4. The Morgan fingerprint density at radius 2 is 0.646 bits per heavy atom. The van der Waals surface area contributed by atoms with Crippen molar-refractivity contribution in [3.8, 4) is 0 Å². The van der Waals surface area contributed by atoms with Crippen molar-refractivity contribution in [2.75, 3.05) is 0 Å². The van der Waals surface area contributed by atoms with Crippen LogP contribution in [0.1, 0.15) is 136 Å². The lowest BCUT2D eigenvalue weighted by molar-refractivity contribution is 0.477. The maximum atomic E-state index is 11.1. The van der Waals surface area contributed by atoms with E-state index in [-0.39, 0.29) is 27.0 Å². The Balaban J connectivity index is 0.00000109. The first-order chi connectivity index (χ1) is 44.0. The van der Waals surface area contributed by atoms with Crippen molar-refractivity contribution in [3.05, 3.63) is 225 Å². The molecule has 0 fully saturated rings. The van der Waals surface area contributed by atoms with E-state index in [9.17, 15) is 50.5 Å². The minimum absolute atomic E-state index is 0. The van der Waals surface area contributed by atoms with E-state index in [2.05, 4.69) is 96.1 Å². The molecule has 96 heavy (non-hydrogen) atoms. The van der Waals surface area contributed by atoms with Crippen LogP contribution in [0.15, 0.2) is 193 Å². The lowest BCUT2D eigenvalue weighted by Gasteiger charge is -2.07. The van der Waals surface area contributed by atoms with Crippen LogP contribution in [-0.2, 0) is 116 Å². The minimum atomic E-state index is -4.51. The highest BCUT2D eigenvalue weighted by molar-refractivity contribution is 7.87. The van der Waals surface area contributed by atoms with E-state index in [0.717, 1.165) is 89.2 Å². The average Bonchev–Trinajstić information content (AvgIpc) is 0.817. The van der Waals surface area contributed by atoms with Gasteiger partial charge in [-0.05, 0) is 205 Å². The van der Waals surface area contributed by atoms with Gasteiger partial charge in [-0.1, -0.05) is 178 Å². The molecule has 0 bridgehead atoms. The molecule has 0 aliphatic rings. The maximum absolute atomic E-state index is 11.1. The molecule has 0 unspecified atom stereocenters. The van der Waals surface area contributed by atoms with Gasteiger partial charge in [-0.25, -0.2) is 0 Å². The fraction of sp³-hybridized carbons (Fsp3) is 0.324. The molecule has 0 heterocycles. The zero-order chi connectivity index (χ0) is 72.7. The molecule has 0 saturated carbocycles. The molecule has 8 rings (SSSR count). The van der Waals surface area contributed by atoms with Gasteiger partial charge in [0.05, 0.1) is 29.4 Å². The van der Waals surface area contributed by atoms with Gasteiger partial charge in [0.15, 0.2) is 0 Å². The van der Waals surface area contributed by atoms with E-state index in [0.29, 0.717) is 18.4 Å². The first-order valence-electron chi connectivity index (χ1n) is 29.7. The molecule has 0 amide bonds. The summed E-state index contributed by atoms with van der Waals surface area (Å²) in [6.45, 7) is 22.3. The molecule has 0 aliphatic carbocycles. The number of aryl methyl sites for hydroxylation is 11. The second-order valence-corrected chi connectivity index (χ2v) is 29.9. The topological polar surface area (TPSA) is 377 Å². The lowest BCUT2D eigenvalue weighted by Crippen LogP contribution is -2.06. The third-order valence-corrected chi connectivity index (χ3v) is 19.0. The molecule has 6 N–H and O–H groups in total. The molecule has 8 aromatic rings. The van der Waals surface area contributed by atoms with Gasteiger partial charge < -0.3 is 0 Å². The molecule has 0 saturated heterocycles. The fourth-order valence-corrected chi connectivity index (χ4v) is 12.2. The third-order valence-electron chi connectivity index (χ3n) is 13.8. The van der Waals surface area contributed by atoms with Gasteiger partial charge in [0.25, 0.3) is 60.7 Å². The Labute approximate surface area is 570 Å². The summed E-state index contributed by atoms with van der Waals surface area (Å²) < 4.78 is 208. The zero-order valence-corrected chi connectivity index (χ0v) is 60.5. The highest BCUT2D eigenvalue weighted by atomic mass is 32.2. The molecule has 0 aliphatic heterocycles. The molecular formula is C68H90O21S7. The molecule has 0 atom stereocenters. The van der Waals surface area contributed by atoms with Crippen molar-refractivity contribution in [3.63, 3.8) is 0 Å². The Hall–Kier alpha value is -6.90. The number of fused-ring (bicyclic) bond motifs is 1. The van der Waals surface area contributed by atoms with Gasteiger partial charge in [-0.2, -0.15) is 50.5 Å². The van der Waals surface area contributed by atoms with E-state index in [1.807, 2.05) is 46.8 Å². The molecule has 0 spiro atoms. The highest BCUT2D eigenvalue weighted by Gasteiger charge is 2.20. The Morgan fingerprint density at radius 3 is 1.01 bits per heavy atom. The van der Waals surface area contributed by atoms with Gasteiger partial charge in [0, 0.05) is 0 Å². The van der Waals surface area contributed by atoms with Crippen LogP contribution in [-0.4, -0.2) is 90.4 Å². The SMILES string of the molecule is C.CCCc1ccc(S(=O)(=O)O)cc1.CCCc1ccc(S(=O)(=O)O)cc1S(=O)(=O)O.CCCc1ccccc1C.CCc1ccc(S(=O)(=O)O)cc1.CCc1ccc(S(=O)(=O)O)cc1C.CCc1ccc2cc(S(=O)(=O)O)cc(C)c2c1.CCc1ccccc1C.O=S(=O)=O. The number of hydrogen-bond acceptors (Lipinski definition) is 15. The van der Waals surface area contributed by atoms with E-state index in [1.165, 1.54) is 95.3 Å². The quantitative estimate of drug-likeness (QED) is 0.0489. The summed E-state index contributed by atoms with van der Waals surface area (Å²) in [5, 5.41) is 1.85. The summed E-state index contributed by atoms with van der Waals surface area (Å²) in [5.41, 5.74) is 12.2. The molecule has 0 aromatic heterocycles. The largest absolute Gasteiger partial charge is 0.425 e. The monoisotopic (exact) mass is 1470 g/mol. The van der Waals surface area contributed by atoms with E-state index >= 15 is 0 Å². The van der Waals surface area contributed by atoms with Gasteiger partial charge in [-0.3, -0.25) is 27.3 Å². The summed E-state index contributed by atoms with van der Waals surface area (Å²) in [7, 11) is -28.4. The molecule has 21 nitrogen and oxygen atoms in total. The predicted molar refractivity (Wildman–Crippen MR) is 376 cm³/mol. The molecule has 0 radical (unpaired) electrons. The first-order valence-corrected chi connectivity index (χ1v) is 39.3. The molecule has 28 heteroatoms. The molecular weight excluding hydrogens is 1380 g/mol. The van der Waals surface area contributed by atoms with E-state index in [4.69, 9.17) is 39.9 Å². The smallest absolute Gasteiger partial charge is 0.282 e. The van der Waals surface area contributed by atoms with Crippen LogP contribution < -0.4 is 0 Å². The molecule has 8 aromatic carbocycles. The highest BCUT2D eigenvalue weighted by Crippen LogP contribution is 2.26. The van der Waals surface area contributed by atoms with Crippen molar-refractivity contribution in [2.45, 2.75) is 177 Å². The second-order valence-electron chi connectivity index (χ2n) is 21.0. The number of benzene rings is 8. The van der Waals surface area contributed by atoms with Crippen molar-refractivity contribution in [1.82, 2.24) is 0 Å². The second kappa shape index (κ2) is 42.0. The summed E-state index contributed by atoms with van der Waals surface area (Å²) in [6.07, 6.45) is 9.20. The van der Waals surface area contributed by atoms with Gasteiger partial charge in [0.2, 0.25) is 0 Å². The minimum Gasteiger partial charge on any atom is -0.282 e. The van der Waals surface area contributed by atoms with Crippen LogP contribution >= 0.6 is 0 Å². The number of hydrogen-bond donors (Lipinski definition) is 6. The zero-order valence-electron chi connectivity index (χ0n) is 54.8. The average molecular weight is 1470 g/mol. The maximum Gasteiger partial charge on any atom is 0.425 e. The Kier molecular flexibility index (Phi) is 39.0. The van der Waals surface area contributed by atoms with Crippen LogP contribution in [0.4, 0.5) is 0 Å². The standard InChI is InChI=1S/C13H14O3S.C10H14.C9H12O6S2.2C9H12O3S.C9H12.C8H10O3S.CH4.O3S/c1-3-10-4-5-11-8-12(17(14,15)16)6-9(2)13(11)7-10;1-3-6-10-8-5-4-7-9(10)2;1-2-3-7-4-5-8(16(10,11)12)6-9(7)17(13,14)15;1-3-8-4-5-9(6-7(8)2)13(10,11)12;1-2-3-8-4-6-9(7-5-8)13(10,11)12;1-3-9-7-5-4-6-8(9)2;1-2-7-3-5-8(6-4-7)12(9,10)11;;1-4(2)3/h4-8H,3H2,1-2H3,(H,14,15,16);4-5,7-8H,3,6H2,1-2H3;4-6H,2-3H2,1H3,(H,10,11,12)(H,13,14,15);4-6H,3H2,1-2H3,(H,10,11,12);4-7H,2-3H2,1H3,(H,10,11,12);4-7H,3H2,1-2H3;3-6H,2H2,1H3,(H,9,10,11);1H4;. The summed E-state index contributed by atoms with van der Waals surface area (Å²) in [6, 6.07) is 46.1. The van der Waals surface area contributed by atoms with Crippen LogP contribution in [0.3, 0.4) is 0 Å². The third kappa shape index (κ3) is 33.4. The van der Waals surface area contributed by atoms with Crippen LogP contribution in [0.2, 0.25) is 0 Å². The van der Waals surface area contributed by atoms with Crippen molar-refractivity contribution < 1.29 is 90.4 Å². The summed E-state index contributed by atoms with van der Waals surface area (Å²) >= 11 is 0. The fourth-order valence-electron chi connectivity index (χ4n) is 8.74. The summed E-state index contributed by atoms with van der Waals surface area (Å²) in [5.74, 6) is 0. The van der Waals surface area contributed by atoms with Gasteiger partial charge in [-0.15, -0.1) is 12.6 Å². The van der Waals surface area contributed by atoms with Crippen LogP contribution in [0, 0.1) is 27.7 Å². The van der Waals surface area contributed by atoms with Crippen LogP contribution in [0.5, 0.6) is 0 Å². The lowest BCUT2D eigenvalue weighted by atomic mass is 10.0. The Bertz CT molecular complexity index is 4590. The Morgan fingerprint density at radius 1 is 0.302 bits per heavy atom. The van der Waals surface area contributed by atoms with Crippen molar-refractivity contribution >= 4 is 82.1 Å². The van der Waals surface area contributed by atoms with Crippen LogP contribution in [0.25, 0.3) is 10.8 Å². The molecule has 530 valence electrons. The number of rotatable bonds is 16. The first kappa shape index (κ1) is 89.1.